The number of carbonyl (C=O) groups is 1. The van der Waals surface area contributed by atoms with Gasteiger partial charge in [-0.2, -0.15) is 0 Å². The van der Waals surface area contributed by atoms with Crippen LogP contribution in [0.25, 0.3) is 0 Å². The third kappa shape index (κ3) is 4.65. The van der Waals surface area contributed by atoms with Gasteiger partial charge in [-0.3, -0.25) is 4.79 Å². The van der Waals surface area contributed by atoms with Crippen molar-refractivity contribution < 1.29 is 9.18 Å². The molecule has 1 amide bonds. The fourth-order valence-corrected chi connectivity index (χ4v) is 3.10. The van der Waals surface area contributed by atoms with E-state index in [2.05, 4.69) is 0 Å². The zero-order valence-corrected chi connectivity index (χ0v) is 12.9. The highest BCUT2D eigenvalue weighted by atomic mass is 35.5. The van der Waals surface area contributed by atoms with Crippen LogP contribution in [0.3, 0.4) is 0 Å². The first-order chi connectivity index (χ1) is 9.20. The van der Waals surface area contributed by atoms with Gasteiger partial charge in [0.1, 0.15) is 5.82 Å². The Morgan fingerprint density at radius 3 is 2.85 bits per heavy atom. The monoisotopic (exact) mass is 318 g/mol. The fourth-order valence-electron chi connectivity index (χ4n) is 2.22. The van der Waals surface area contributed by atoms with Gasteiger partial charge in [0.2, 0.25) is 5.91 Å². The highest BCUT2D eigenvalue weighted by Crippen LogP contribution is 2.23. The predicted molar refractivity (Wildman–Crippen MR) is 82.7 cm³/mol. The number of halogens is 2. The van der Waals surface area contributed by atoms with E-state index in [0.717, 1.165) is 19.5 Å². The maximum Gasteiger partial charge on any atom is 0.223 e. The second-order valence-electron chi connectivity index (χ2n) is 4.76. The molecule has 6 heteroatoms. The topological polar surface area (TPSA) is 46.3 Å². The first kappa shape index (κ1) is 17.3. The van der Waals surface area contributed by atoms with Gasteiger partial charge in [-0.1, -0.05) is 12.1 Å². The molecule has 20 heavy (non-hydrogen) atoms. The normalized spacial score (nSPS) is 17.9. The summed E-state index contributed by atoms with van der Waals surface area (Å²) in [5, 5.41) is 0. The molecule has 1 saturated heterocycles. The molecule has 0 aromatic heterocycles. The Bertz CT molecular complexity index is 447. The van der Waals surface area contributed by atoms with Crippen molar-refractivity contribution in [2.75, 3.05) is 25.4 Å². The lowest BCUT2D eigenvalue weighted by Gasteiger charge is -2.16. The van der Waals surface area contributed by atoms with Gasteiger partial charge < -0.3 is 10.6 Å². The molecule has 1 aliphatic heterocycles. The van der Waals surface area contributed by atoms with E-state index in [1.807, 2.05) is 4.90 Å². The number of nitrogens with zero attached hydrogens (tertiary/aromatic N) is 1. The van der Waals surface area contributed by atoms with E-state index in [-0.39, 0.29) is 24.1 Å². The summed E-state index contributed by atoms with van der Waals surface area (Å²) in [4.78, 5) is 14.4. The molecule has 0 spiro atoms. The van der Waals surface area contributed by atoms with Gasteiger partial charge in [0.05, 0.1) is 0 Å². The van der Waals surface area contributed by atoms with Crippen LogP contribution in [0.4, 0.5) is 4.39 Å². The summed E-state index contributed by atoms with van der Waals surface area (Å²) >= 11 is 1.39. The van der Waals surface area contributed by atoms with Crippen LogP contribution in [-0.4, -0.2) is 36.2 Å². The zero-order chi connectivity index (χ0) is 13.7. The summed E-state index contributed by atoms with van der Waals surface area (Å²) in [7, 11) is 0. The quantitative estimate of drug-likeness (QED) is 0.849. The van der Waals surface area contributed by atoms with Gasteiger partial charge in [-0.05, 0) is 31.0 Å². The van der Waals surface area contributed by atoms with Crippen molar-refractivity contribution in [2.45, 2.75) is 17.7 Å². The molecule has 1 aliphatic rings. The Hall–Kier alpha value is -0.780. The second-order valence-corrected chi connectivity index (χ2v) is 5.90. The van der Waals surface area contributed by atoms with Crippen LogP contribution >= 0.6 is 24.2 Å². The Kier molecular flexibility index (Phi) is 7.34. The molecule has 1 aromatic rings. The number of likely N-dealkylation sites (tertiary alicyclic amines) is 1. The number of carbonyl (C=O) groups excluding carboxylic acids is 1. The van der Waals surface area contributed by atoms with E-state index in [4.69, 9.17) is 5.73 Å². The maximum atomic E-state index is 13.4. The summed E-state index contributed by atoms with van der Waals surface area (Å²) in [6, 6.07) is 6.66. The van der Waals surface area contributed by atoms with Crippen LogP contribution in [0.1, 0.15) is 12.8 Å². The van der Waals surface area contributed by atoms with E-state index in [9.17, 15) is 9.18 Å². The minimum Gasteiger partial charge on any atom is -0.342 e. The predicted octanol–water partition coefficient (Wildman–Crippen LogP) is 2.54. The Labute approximate surface area is 129 Å². The lowest BCUT2D eigenvalue weighted by molar-refractivity contribution is -0.129. The SMILES string of the molecule is Cl.NCC1CCN(C(=O)CCSc2ccccc2F)C1. The van der Waals surface area contributed by atoms with Crippen molar-refractivity contribution in [1.29, 1.82) is 0 Å². The largest absolute Gasteiger partial charge is 0.342 e. The molecular weight excluding hydrogens is 299 g/mol. The van der Waals surface area contributed by atoms with Crippen molar-refractivity contribution in [1.82, 2.24) is 4.90 Å². The summed E-state index contributed by atoms with van der Waals surface area (Å²) in [5.74, 6) is 0.996. The molecule has 112 valence electrons. The van der Waals surface area contributed by atoms with E-state index in [1.165, 1.54) is 17.8 Å². The molecule has 1 fully saturated rings. The standard InChI is InChI=1S/C14H19FN2OS.ClH/c15-12-3-1-2-4-13(12)19-8-6-14(18)17-7-5-11(9-16)10-17;/h1-4,11H,5-10,16H2;1H. The number of rotatable bonds is 5. The number of thioether (sulfide) groups is 1. The molecule has 1 unspecified atom stereocenters. The minimum atomic E-state index is -0.218. The lowest BCUT2D eigenvalue weighted by atomic mass is 10.1. The molecule has 0 aliphatic carbocycles. The van der Waals surface area contributed by atoms with Gasteiger partial charge in [-0.25, -0.2) is 4.39 Å². The Balaban J connectivity index is 0.00000200. The van der Waals surface area contributed by atoms with Crippen LogP contribution in [0.15, 0.2) is 29.2 Å². The van der Waals surface area contributed by atoms with E-state index in [1.54, 1.807) is 18.2 Å². The van der Waals surface area contributed by atoms with Crippen LogP contribution < -0.4 is 5.73 Å². The van der Waals surface area contributed by atoms with Crippen molar-refractivity contribution >= 4 is 30.1 Å². The maximum absolute atomic E-state index is 13.4. The van der Waals surface area contributed by atoms with Crippen LogP contribution in [0, 0.1) is 11.7 Å². The number of hydrogen-bond acceptors (Lipinski definition) is 3. The molecule has 0 saturated carbocycles. The van der Waals surface area contributed by atoms with E-state index < -0.39 is 0 Å². The van der Waals surface area contributed by atoms with Crippen molar-refractivity contribution in [3.8, 4) is 0 Å². The minimum absolute atomic E-state index is 0. The zero-order valence-electron chi connectivity index (χ0n) is 11.3. The molecule has 1 aromatic carbocycles. The molecule has 1 atom stereocenters. The van der Waals surface area contributed by atoms with E-state index >= 15 is 0 Å². The Morgan fingerprint density at radius 2 is 2.20 bits per heavy atom. The van der Waals surface area contributed by atoms with Crippen molar-refractivity contribution in [2.24, 2.45) is 11.7 Å². The molecule has 1 heterocycles. The van der Waals surface area contributed by atoms with Gasteiger partial charge >= 0.3 is 0 Å². The van der Waals surface area contributed by atoms with Gasteiger partial charge in [-0.15, -0.1) is 24.2 Å². The van der Waals surface area contributed by atoms with Crippen molar-refractivity contribution in [3.05, 3.63) is 30.1 Å². The number of hydrogen-bond donors (Lipinski definition) is 1. The van der Waals surface area contributed by atoms with Gasteiger partial charge in [0.25, 0.3) is 0 Å². The summed E-state index contributed by atoms with van der Waals surface area (Å²) in [5.41, 5.74) is 5.61. The highest BCUT2D eigenvalue weighted by Gasteiger charge is 2.24. The van der Waals surface area contributed by atoms with Crippen molar-refractivity contribution in [3.63, 3.8) is 0 Å². The number of benzene rings is 1. The van der Waals surface area contributed by atoms with E-state index in [0.29, 0.717) is 29.5 Å². The average Bonchev–Trinajstić information content (AvgIpc) is 2.90. The van der Waals surface area contributed by atoms with Crippen LogP contribution in [0.5, 0.6) is 0 Å². The number of amides is 1. The second kappa shape index (κ2) is 8.49. The molecular formula is C14H20ClFN2OS. The molecule has 0 bridgehead atoms. The highest BCUT2D eigenvalue weighted by molar-refractivity contribution is 7.99. The summed E-state index contributed by atoms with van der Waals surface area (Å²) in [6.45, 7) is 2.23. The molecule has 2 rings (SSSR count). The van der Waals surface area contributed by atoms with Crippen LogP contribution in [-0.2, 0) is 4.79 Å². The average molecular weight is 319 g/mol. The third-order valence-corrected chi connectivity index (χ3v) is 4.43. The van der Waals surface area contributed by atoms with Gasteiger partial charge in [0.15, 0.2) is 0 Å². The van der Waals surface area contributed by atoms with Crippen LogP contribution in [0.2, 0.25) is 0 Å². The van der Waals surface area contributed by atoms with Gasteiger partial charge in [0, 0.05) is 30.2 Å². The molecule has 0 radical (unpaired) electrons. The first-order valence-corrected chi connectivity index (χ1v) is 7.54. The smallest absolute Gasteiger partial charge is 0.223 e. The lowest BCUT2D eigenvalue weighted by Crippen LogP contribution is -2.30. The molecule has 2 N–H and O–H groups in total. The first-order valence-electron chi connectivity index (χ1n) is 6.56. The molecule has 3 nitrogen and oxygen atoms in total. The third-order valence-electron chi connectivity index (χ3n) is 3.38. The summed E-state index contributed by atoms with van der Waals surface area (Å²) < 4.78 is 13.4. The fraction of sp³-hybridized carbons (Fsp3) is 0.500. The summed E-state index contributed by atoms with van der Waals surface area (Å²) in [6.07, 6.45) is 1.46. The Morgan fingerprint density at radius 1 is 1.45 bits per heavy atom. The number of nitrogens with two attached hydrogens (primary N) is 1.